The molecule has 4 rings (SSSR count). The van der Waals surface area contributed by atoms with Gasteiger partial charge in [-0.25, -0.2) is 4.98 Å². The summed E-state index contributed by atoms with van der Waals surface area (Å²) in [6, 6.07) is 0. The van der Waals surface area contributed by atoms with Crippen LogP contribution in [0, 0.1) is 26.7 Å². The van der Waals surface area contributed by atoms with Crippen molar-refractivity contribution >= 4 is 23.3 Å². The lowest BCUT2D eigenvalue weighted by Gasteiger charge is -2.21. The standard InChI is InChI=1S/C19H22ClN5O/c1-11-6-21-7-17(22-11)24-5-4-14(8-24)19(26)25-9-15-12(2)18(20)13(3)23-16(15)10-25/h6-7,14H,4-5,8-10H2,1-3H3. The molecule has 2 aromatic heterocycles. The number of halogens is 1. The molecule has 2 aliphatic heterocycles. The van der Waals surface area contributed by atoms with E-state index in [1.54, 1.807) is 12.4 Å². The second kappa shape index (κ2) is 6.50. The smallest absolute Gasteiger partial charge is 0.228 e. The number of fused-ring (bicyclic) bond motifs is 1. The Morgan fingerprint density at radius 3 is 2.77 bits per heavy atom. The molecule has 0 radical (unpaired) electrons. The highest BCUT2D eigenvalue weighted by molar-refractivity contribution is 6.32. The zero-order valence-corrected chi connectivity index (χ0v) is 16.0. The van der Waals surface area contributed by atoms with Crippen LogP contribution < -0.4 is 4.90 Å². The SMILES string of the molecule is Cc1cncc(N2CCC(C(=O)N3Cc4nc(C)c(Cl)c(C)c4C3)C2)n1. The third-order valence-electron chi connectivity index (χ3n) is 5.36. The van der Waals surface area contributed by atoms with E-state index < -0.39 is 0 Å². The van der Waals surface area contributed by atoms with Crippen molar-refractivity contribution < 1.29 is 4.79 Å². The number of carbonyl (C=O) groups excluding carboxylic acids is 1. The molecule has 136 valence electrons. The van der Waals surface area contributed by atoms with Crippen LogP contribution in [0.1, 0.15) is 34.6 Å². The van der Waals surface area contributed by atoms with Gasteiger partial charge in [-0.05, 0) is 38.3 Å². The molecular weight excluding hydrogens is 350 g/mol. The molecule has 0 aromatic carbocycles. The highest BCUT2D eigenvalue weighted by Crippen LogP contribution is 2.32. The lowest BCUT2D eigenvalue weighted by molar-refractivity contribution is -0.135. The Morgan fingerprint density at radius 2 is 2.00 bits per heavy atom. The maximum Gasteiger partial charge on any atom is 0.228 e. The van der Waals surface area contributed by atoms with Crippen LogP contribution in [0.15, 0.2) is 12.4 Å². The van der Waals surface area contributed by atoms with Crippen LogP contribution in [-0.4, -0.2) is 38.8 Å². The Morgan fingerprint density at radius 1 is 1.19 bits per heavy atom. The molecular formula is C19H22ClN5O. The van der Waals surface area contributed by atoms with Gasteiger partial charge in [-0.2, -0.15) is 0 Å². The number of pyridine rings is 1. The van der Waals surface area contributed by atoms with Crippen molar-refractivity contribution in [2.24, 2.45) is 5.92 Å². The summed E-state index contributed by atoms with van der Waals surface area (Å²) in [5.74, 6) is 1.03. The molecule has 4 heterocycles. The van der Waals surface area contributed by atoms with E-state index in [0.717, 1.165) is 47.0 Å². The fourth-order valence-corrected chi connectivity index (χ4v) is 4.05. The van der Waals surface area contributed by atoms with E-state index in [9.17, 15) is 4.79 Å². The highest BCUT2D eigenvalue weighted by atomic mass is 35.5. The number of nitrogens with zero attached hydrogens (tertiary/aromatic N) is 5. The molecule has 2 aromatic rings. The molecule has 0 spiro atoms. The largest absolute Gasteiger partial charge is 0.355 e. The van der Waals surface area contributed by atoms with Crippen molar-refractivity contribution in [2.75, 3.05) is 18.0 Å². The van der Waals surface area contributed by atoms with Gasteiger partial charge in [0.15, 0.2) is 0 Å². The molecule has 1 amide bonds. The maximum absolute atomic E-state index is 13.0. The first-order valence-corrected chi connectivity index (χ1v) is 9.28. The van der Waals surface area contributed by atoms with Gasteiger partial charge in [-0.15, -0.1) is 0 Å². The van der Waals surface area contributed by atoms with E-state index in [1.807, 2.05) is 25.7 Å². The van der Waals surface area contributed by atoms with Crippen LogP contribution in [0.3, 0.4) is 0 Å². The predicted molar refractivity (Wildman–Crippen MR) is 100 cm³/mol. The van der Waals surface area contributed by atoms with Crippen LogP contribution in [0.4, 0.5) is 5.82 Å². The van der Waals surface area contributed by atoms with Crippen molar-refractivity contribution in [3.05, 3.63) is 45.6 Å². The van der Waals surface area contributed by atoms with Gasteiger partial charge >= 0.3 is 0 Å². The molecule has 1 atom stereocenters. The maximum atomic E-state index is 13.0. The molecule has 0 saturated carbocycles. The number of anilines is 1. The first-order chi connectivity index (χ1) is 12.4. The van der Waals surface area contributed by atoms with E-state index in [-0.39, 0.29) is 11.8 Å². The van der Waals surface area contributed by atoms with Gasteiger partial charge in [0, 0.05) is 25.8 Å². The molecule has 6 nitrogen and oxygen atoms in total. The Kier molecular flexibility index (Phi) is 4.31. The topological polar surface area (TPSA) is 62.2 Å². The van der Waals surface area contributed by atoms with Gasteiger partial charge in [0.25, 0.3) is 0 Å². The molecule has 1 fully saturated rings. The fraction of sp³-hybridized carbons (Fsp3) is 0.474. The summed E-state index contributed by atoms with van der Waals surface area (Å²) in [5.41, 5.74) is 4.86. The average Bonchev–Trinajstić information content (AvgIpc) is 3.26. The van der Waals surface area contributed by atoms with Gasteiger partial charge in [0.05, 0.1) is 40.8 Å². The lowest BCUT2D eigenvalue weighted by Crippen LogP contribution is -2.34. The summed E-state index contributed by atoms with van der Waals surface area (Å²) in [6.07, 6.45) is 4.35. The summed E-state index contributed by atoms with van der Waals surface area (Å²) in [5, 5.41) is 0.711. The summed E-state index contributed by atoms with van der Waals surface area (Å²) in [7, 11) is 0. The third-order valence-corrected chi connectivity index (χ3v) is 5.91. The third kappa shape index (κ3) is 2.92. The summed E-state index contributed by atoms with van der Waals surface area (Å²) >= 11 is 6.33. The van der Waals surface area contributed by atoms with Crippen LogP contribution in [-0.2, 0) is 17.9 Å². The molecule has 0 aliphatic carbocycles. The van der Waals surface area contributed by atoms with Crippen molar-refractivity contribution in [1.82, 2.24) is 19.9 Å². The monoisotopic (exact) mass is 371 g/mol. The first kappa shape index (κ1) is 17.2. The lowest BCUT2D eigenvalue weighted by atomic mass is 10.1. The zero-order valence-electron chi connectivity index (χ0n) is 15.3. The van der Waals surface area contributed by atoms with Crippen LogP contribution in [0.25, 0.3) is 0 Å². The molecule has 7 heteroatoms. The van der Waals surface area contributed by atoms with Gasteiger partial charge < -0.3 is 9.80 Å². The summed E-state index contributed by atoms with van der Waals surface area (Å²) in [4.78, 5) is 30.4. The number of carbonyl (C=O) groups is 1. The van der Waals surface area contributed by atoms with Crippen LogP contribution in [0.5, 0.6) is 0 Å². The second-order valence-electron chi connectivity index (χ2n) is 7.21. The number of hydrogen-bond acceptors (Lipinski definition) is 5. The van der Waals surface area contributed by atoms with Crippen molar-refractivity contribution in [1.29, 1.82) is 0 Å². The molecule has 2 aliphatic rings. The Bertz CT molecular complexity index is 884. The van der Waals surface area contributed by atoms with Gasteiger partial charge in [0.2, 0.25) is 5.91 Å². The number of aromatic nitrogens is 3. The summed E-state index contributed by atoms with van der Waals surface area (Å²) in [6.45, 7) is 8.56. The van der Waals surface area contributed by atoms with E-state index in [0.29, 0.717) is 24.7 Å². The van der Waals surface area contributed by atoms with Crippen LogP contribution in [0.2, 0.25) is 5.02 Å². The van der Waals surface area contributed by atoms with E-state index >= 15 is 0 Å². The minimum Gasteiger partial charge on any atom is -0.355 e. The van der Waals surface area contributed by atoms with Gasteiger partial charge in [0.1, 0.15) is 5.82 Å². The molecule has 1 unspecified atom stereocenters. The molecule has 26 heavy (non-hydrogen) atoms. The van der Waals surface area contributed by atoms with E-state index in [2.05, 4.69) is 19.9 Å². The van der Waals surface area contributed by atoms with Crippen molar-refractivity contribution in [2.45, 2.75) is 40.3 Å². The molecule has 0 N–H and O–H groups in total. The molecule has 0 bridgehead atoms. The minimum atomic E-state index is -0.0106. The first-order valence-electron chi connectivity index (χ1n) is 8.91. The van der Waals surface area contributed by atoms with Gasteiger partial charge in [-0.3, -0.25) is 14.8 Å². The zero-order chi connectivity index (χ0) is 18.4. The fourth-order valence-electron chi connectivity index (χ4n) is 3.89. The number of rotatable bonds is 2. The molecule has 1 saturated heterocycles. The average molecular weight is 372 g/mol. The Labute approximate surface area is 158 Å². The second-order valence-corrected chi connectivity index (χ2v) is 7.58. The predicted octanol–water partition coefficient (Wildman–Crippen LogP) is 2.82. The van der Waals surface area contributed by atoms with Crippen molar-refractivity contribution in [3.8, 4) is 0 Å². The van der Waals surface area contributed by atoms with E-state index in [4.69, 9.17) is 11.6 Å². The summed E-state index contributed by atoms with van der Waals surface area (Å²) < 4.78 is 0. The number of aryl methyl sites for hydroxylation is 2. The quantitative estimate of drug-likeness (QED) is 0.812. The minimum absolute atomic E-state index is 0.0106. The number of amides is 1. The Hall–Kier alpha value is -2.21. The number of hydrogen-bond donors (Lipinski definition) is 0. The van der Waals surface area contributed by atoms with Crippen molar-refractivity contribution in [3.63, 3.8) is 0 Å². The van der Waals surface area contributed by atoms with Gasteiger partial charge in [-0.1, -0.05) is 11.6 Å². The van der Waals surface area contributed by atoms with E-state index in [1.165, 1.54) is 0 Å². The highest BCUT2D eigenvalue weighted by Gasteiger charge is 2.35. The Balaban J connectivity index is 1.47. The normalized spacial score (nSPS) is 19.2. The van der Waals surface area contributed by atoms with Crippen LogP contribution >= 0.6 is 11.6 Å².